The fourth-order valence-electron chi connectivity index (χ4n) is 1.02. The van der Waals surface area contributed by atoms with Crippen LogP contribution in [0.25, 0.3) is 0 Å². The normalized spacial score (nSPS) is 9.50. The van der Waals surface area contributed by atoms with Gasteiger partial charge in [-0.3, -0.25) is 4.79 Å². The standard InChI is InChI=1S/C9H9NO4/c1-5(11)14-7-4-2-3-6(10)8(7)9(12)13/h2-4H,10H2,1H3,(H,12,13). The lowest BCUT2D eigenvalue weighted by molar-refractivity contribution is -0.131. The molecule has 0 unspecified atom stereocenters. The molecule has 3 N–H and O–H groups in total. The second kappa shape index (κ2) is 3.78. The molecule has 1 rings (SSSR count). The maximum Gasteiger partial charge on any atom is 0.341 e. The van der Waals surface area contributed by atoms with Gasteiger partial charge in [-0.05, 0) is 12.1 Å². The number of carboxylic acids is 1. The zero-order valence-electron chi connectivity index (χ0n) is 7.48. The molecule has 0 aromatic heterocycles. The molecule has 0 aliphatic carbocycles. The predicted molar refractivity (Wildman–Crippen MR) is 49.1 cm³/mol. The van der Waals surface area contributed by atoms with E-state index in [2.05, 4.69) is 4.74 Å². The topological polar surface area (TPSA) is 89.6 Å². The van der Waals surface area contributed by atoms with E-state index in [0.29, 0.717) is 0 Å². The molecule has 0 aliphatic heterocycles. The maximum atomic E-state index is 10.8. The molecule has 0 bridgehead atoms. The Balaban J connectivity index is 3.21. The van der Waals surface area contributed by atoms with E-state index < -0.39 is 11.9 Å². The second-order valence-electron chi connectivity index (χ2n) is 2.62. The molecule has 74 valence electrons. The third kappa shape index (κ3) is 2.01. The van der Waals surface area contributed by atoms with Crippen LogP contribution in [0.3, 0.4) is 0 Å². The van der Waals surface area contributed by atoms with E-state index in [1.54, 1.807) is 0 Å². The summed E-state index contributed by atoms with van der Waals surface area (Å²) in [4.78, 5) is 21.4. The van der Waals surface area contributed by atoms with Gasteiger partial charge in [0.2, 0.25) is 0 Å². The smallest absolute Gasteiger partial charge is 0.341 e. The van der Waals surface area contributed by atoms with Gasteiger partial charge >= 0.3 is 11.9 Å². The summed E-state index contributed by atoms with van der Waals surface area (Å²) in [6.07, 6.45) is 0. The molecule has 5 heteroatoms. The highest BCUT2D eigenvalue weighted by molar-refractivity contribution is 5.97. The highest BCUT2D eigenvalue weighted by atomic mass is 16.5. The number of ether oxygens (including phenoxy) is 1. The van der Waals surface area contributed by atoms with Gasteiger partial charge < -0.3 is 15.6 Å². The third-order valence-electron chi connectivity index (χ3n) is 1.53. The van der Waals surface area contributed by atoms with Gasteiger partial charge in [-0.1, -0.05) is 6.07 Å². The van der Waals surface area contributed by atoms with Crippen molar-refractivity contribution in [3.05, 3.63) is 23.8 Å². The van der Waals surface area contributed by atoms with Crippen LogP contribution in [0.2, 0.25) is 0 Å². The molecule has 0 atom stereocenters. The molecule has 0 saturated heterocycles. The number of aromatic carboxylic acids is 1. The molecule has 0 spiro atoms. The van der Waals surface area contributed by atoms with Crippen molar-refractivity contribution >= 4 is 17.6 Å². The molecule has 1 aromatic carbocycles. The first-order chi connectivity index (χ1) is 6.52. The average molecular weight is 195 g/mol. The van der Waals surface area contributed by atoms with Crippen LogP contribution in [-0.2, 0) is 4.79 Å². The van der Waals surface area contributed by atoms with Gasteiger partial charge in [0, 0.05) is 12.6 Å². The van der Waals surface area contributed by atoms with Crippen LogP contribution in [0.5, 0.6) is 5.75 Å². The van der Waals surface area contributed by atoms with Crippen LogP contribution in [0.1, 0.15) is 17.3 Å². The van der Waals surface area contributed by atoms with E-state index in [-0.39, 0.29) is 17.0 Å². The van der Waals surface area contributed by atoms with Crippen LogP contribution in [0, 0.1) is 0 Å². The number of benzene rings is 1. The molecule has 14 heavy (non-hydrogen) atoms. The van der Waals surface area contributed by atoms with Crippen molar-refractivity contribution in [2.75, 3.05) is 5.73 Å². The van der Waals surface area contributed by atoms with Crippen molar-refractivity contribution < 1.29 is 19.4 Å². The van der Waals surface area contributed by atoms with Crippen LogP contribution in [0.15, 0.2) is 18.2 Å². The number of carboxylic acid groups (broad SMARTS) is 1. The van der Waals surface area contributed by atoms with Crippen LogP contribution in [-0.4, -0.2) is 17.0 Å². The van der Waals surface area contributed by atoms with Crippen LogP contribution in [0.4, 0.5) is 5.69 Å². The molecular weight excluding hydrogens is 186 g/mol. The largest absolute Gasteiger partial charge is 0.477 e. The van der Waals surface area contributed by atoms with Gasteiger partial charge in [0.15, 0.2) is 0 Å². The molecule has 0 heterocycles. The Morgan fingerprint density at radius 2 is 2.07 bits per heavy atom. The number of carbonyl (C=O) groups excluding carboxylic acids is 1. The number of carbonyl (C=O) groups is 2. The second-order valence-corrected chi connectivity index (χ2v) is 2.62. The summed E-state index contributed by atoms with van der Waals surface area (Å²) < 4.78 is 4.69. The van der Waals surface area contributed by atoms with Crippen molar-refractivity contribution in [2.24, 2.45) is 0 Å². The van der Waals surface area contributed by atoms with E-state index in [9.17, 15) is 9.59 Å². The number of esters is 1. The van der Waals surface area contributed by atoms with Crippen LogP contribution >= 0.6 is 0 Å². The lowest BCUT2D eigenvalue weighted by Crippen LogP contribution is -2.09. The Bertz CT molecular complexity index is 386. The first kappa shape index (κ1) is 10.0. The Labute approximate surface area is 80.1 Å². The summed E-state index contributed by atoms with van der Waals surface area (Å²) in [5.74, 6) is -1.84. The first-order valence-electron chi connectivity index (χ1n) is 3.82. The van der Waals surface area contributed by atoms with E-state index in [4.69, 9.17) is 10.8 Å². The van der Waals surface area contributed by atoms with Crippen molar-refractivity contribution in [2.45, 2.75) is 6.92 Å². The minimum Gasteiger partial charge on any atom is -0.477 e. The van der Waals surface area contributed by atoms with Gasteiger partial charge in [-0.25, -0.2) is 4.79 Å². The van der Waals surface area contributed by atoms with Gasteiger partial charge in [0.05, 0.1) is 0 Å². The first-order valence-corrected chi connectivity index (χ1v) is 3.82. The SMILES string of the molecule is CC(=O)Oc1cccc(N)c1C(=O)O. The molecule has 5 nitrogen and oxygen atoms in total. The summed E-state index contributed by atoms with van der Waals surface area (Å²) in [6.45, 7) is 1.19. The number of nitrogens with two attached hydrogens (primary N) is 1. The lowest BCUT2D eigenvalue weighted by atomic mass is 10.1. The van der Waals surface area contributed by atoms with Crippen LogP contribution < -0.4 is 10.5 Å². The van der Waals surface area contributed by atoms with E-state index in [1.807, 2.05) is 0 Å². The van der Waals surface area contributed by atoms with Gasteiger partial charge in [0.1, 0.15) is 11.3 Å². The van der Waals surface area contributed by atoms with Gasteiger partial charge in [-0.15, -0.1) is 0 Å². The number of anilines is 1. The number of hydrogen-bond donors (Lipinski definition) is 2. The summed E-state index contributed by atoms with van der Waals surface area (Å²) in [6, 6.07) is 4.32. The maximum absolute atomic E-state index is 10.8. The van der Waals surface area contributed by atoms with Gasteiger partial charge in [0.25, 0.3) is 0 Å². The van der Waals surface area contributed by atoms with Gasteiger partial charge in [-0.2, -0.15) is 0 Å². The number of rotatable bonds is 2. The molecule has 1 aromatic rings. The summed E-state index contributed by atoms with van der Waals surface area (Å²) >= 11 is 0. The minimum atomic E-state index is -1.22. The Kier molecular flexibility index (Phi) is 2.71. The van der Waals surface area contributed by atoms with Crippen molar-refractivity contribution in [3.63, 3.8) is 0 Å². The highest BCUT2D eigenvalue weighted by Gasteiger charge is 2.15. The zero-order valence-corrected chi connectivity index (χ0v) is 7.48. The molecule has 0 amide bonds. The fourth-order valence-corrected chi connectivity index (χ4v) is 1.02. The Hall–Kier alpha value is -2.04. The highest BCUT2D eigenvalue weighted by Crippen LogP contribution is 2.24. The lowest BCUT2D eigenvalue weighted by Gasteiger charge is -2.06. The fraction of sp³-hybridized carbons (Fsp3) is 0.111. The summed E-state index contributed by atoms with van der Waals surface area (Å²) in [7, 11) is 0. The van der Waals surface area contributed by atoms with Crippen molar-refractivity contribution in [3.8, 4) is 5.75 Å². The molecule has 0 aliphatic rings. The van der Waals surface area contributed by atoms with E-state index >= 15 is 0 Å². The van der Waals surface area contributed by atoms with E-state index in [0.717, 1.165) is 0 Å². The molecular formula is C9H9NO4. The minimum absolute atomic E-state index is 0.0370. The van der Waals surface area contributed by atoms with Crippen molar-refractivity contribution in [1.29, 1.82) is 0 Å². The number of hydrogen-bond acceptors (Lipinski definition) is 4. The Morgan fingerprint density at radius 1 is 1.43 bits per heavy atom. The predicted octanol–water partition coefficient (Wildman–Crippen LogP) is 0.892. The monoisotopic (exact) mass is 195 g/mol. The third-order valence-corrected chi connectivity index (χ3v) is 1.53. The Morgan fingerprint density at radius 3 is 2.57 bits per heavy atom. The molecule has 0 fully saturated rings. The van der Waals surface area contributed by atoms with Crippen molar-refractivity contribution in [1.82, 2.24) is 0 Å². The van der Waals surface area contributed by atoms with E-state index in [1.165, 1.54) is 25.1 Å². The zero-order chi connectivity index (χ0) is 10.7. The number of nitrogen functional groups attached to an aromatic ring is 1. The molecule has 0 saturated carbocycles. The molecule has 0 radical (unpaired) electrons. The summed E-state index contributed by atoms with van der Waals surface area (Å²) in [5, 5.41) is 8.79. The average Bonchev–Trinajstić information content (AvgIpc) is 2.01. The summed E-state index contributed by atoms with van der Waals surface area (Å²) in [5.41, 5.74) is 5.30. The quantitative estimate of drug-likeness (QED) is 0.415.